The van der Waals surface area contributed by atoms with Gasteiger partial charge in [-0.3, -0.25) is 9.59 Å². The number of ether oxygens (including phenoxy) is 1. The first kappa shape index (κ1) is 17.9. The first-order chi connectivity index (χ1) is 8.74. The third kappa shape index (κ3) is 11.7. The van der Waals surface area contributed by atoms with Crippen LogP contribution in [0.3, 0.4) is 0 Å². The molecule has 0 aliphatic heterocycles. The molecular weight excluding hydrogens is 246 g/mol. The number of nitrogens with one attached hydrogen (secondary N) is 1. The minimum atomic E-state index is -0.763. The largest absolute Gasteiger partial charge is 0.481 e. The molecular formula is C14H27NO4. The first-order valence-corrected chi connectivity index (χ1v) is 6.87. The van der Waals surface area contributed by atoms with E-state index in [1.54, 1.807) is 0 Å². The van der Waals surface area contributed by atoms with Gasteiger partial charge in [0.2, 0.25) is 5.91 Å². The van der Waals surface area contributed by atoms with Crippen molar-refractivity contribution in [2.75, 3.05) is 13.2 Å². The molecule has 0 rings (SSSR count). The van der Waals surface area contributed by atoms with Crippen LogP contribution in [0.15, 0.2) is 0 Å². The predicted molar refractivity (Wildman–Crippen MR) is 74.0 cm³/mol. The van der Waals surface area contributed by atoms with Gasteiger partial charge in [0.15, 0.2) is 0 Å². The van der Waals surface area contributed by atoms with Gasteiger partial charge in [-0.25, -0.2) is 0 Å². The monoisotopic (exact) mass is 273 g/mol. The second-order valence-corrected chi connectivity index (χ2v) is 5.75. The van der Waals surface area contributed by atoms with Crippen molar-refractivity contribution in [1.82, 2.24) is 5.32 Å². The fraction of sp³-hybridized carbons (Fsp3) is 0.857. The summed E-state index contributed by atoms with van der Waals surface area (Å²) in [5.74, 6) is -0.538. The molecule has 1 atom stereocenters. The maximum Gasteiger partial charge on any atom is 0.303 e. The molecule has 0 saturated heterocycles. The third-order valence-electron chi connectivity index (χ3n) is 2.85. The van der Waals surface area contributed by atoms with Gasteiger partial charge in [-0.15, -0.1) is 0 Å². The van der Waals surface area contributed by atoms with Crippen LogP contribution in [0.5, 0.6) is 0 Å². The molecule has 112 valence electrons. The van der Waals surface area contributed by atoms with E-state index < -0.39 is 5.97 Å². The molecule has 0 bridgehead atoms. The number of hydrogen-bond donors (Lipinski definition) is 2. The summed E-state index contributed by atoms with van der Waals surface area (Å²) in [7, 11) is 0. The second kappa shape index (κ2) is 8.91. The Morgan fingerprint density at radius 2 is 1.89 bits per heavy atom. The summed E-state index contributed by atoms with van der Waals surface area (Å²) < 4.78 is 5.36. The first-order valence-electron chi connectivity index (χ1n) is 6.87. The molecule has 1 amide bonds. The van der Waals surface area contributed by atoms with Gasteiger partial charge in [-0.2, -0.15) is 0 Å². The van der Waals surface area contributed by atoms with E-state index in [1.807, 2.05) is 27.7 Å². The zero-order valence-corrected chi connectivity index (χ0v) is 12.5. The summed E-state index contributed by atoms with van der Waals surface area (Å²) in [5, 5.41) is 11.4. The number of aliphatic carboxylic acids is 1. The van der Waals surface area contributed by atoms with Crippen LogP contribution in [-0.4, -0.2) is 35.7 Å². The highest BCUT2D eigenvalue weighted by molar-refractivity contribution is 5.77. The number of amides is 1. The molecule has 2 N–H and O–H groups in total. The number of carboxylic acid groups (broad SMARTS) is 1. The van der Waals surface area contributed by atoms with E-state index in [2.05, 4.69) is 5.32 Å². The lowest BCUT2D eigenvalue weighted by molar-refractivity contribution is -0.137. The van der Waals surface area contributed by atoms with Crippen LogP contribution < -0.4 is 5.32 Å². The van der Waals surface area contributed by atoms with Crippen molar-refractivity contribution in [2.45, 2.75) is 59.0 Å². The van der Waals surface area contributed by atoms with Crippen molar-refractivity contribution in [2.24, 2.45) is 5.92 Å². The van der Waals surface area contributed by atoms with Crippen LogP contribution in [0.1, 0.15) is 53.4 Å². The summed E-state index contributed by atoms with van der Waals surface area (Å²) in [6.45, 7) is 8.38. The second-order valence-electron chi connectivity index (χ2n) is 5.75. The highest BCUT2D eigenvalue weighted by Crippen LogP contribution is 2.14. The Morgan fingerprint density at radius 1 is 1.26 bits per heavy atom. The normalized spacial score (nSPS) is 13.1. The highest BCUT2D eigenvalue weighted by atomic mass is 16.5. The maximum atomic E-state index is 11.5. The van der Waals surface area contributed by atoms with Crippen molar-refractivity contribution >= 4 is 11.9 Å². The molecule has 1 unspecified atom stereocenters. The average Bonchev–Trinajstić information content (AvgIpc) is 2.29. The van der Waals surface area contributed by atoms with Crippen LogP contribution in [0, 0.1) is 5.92 Å². The molecule has 0 aromatic carbocycles. The van der Waals surface area contributed by atoms with Gasteiger partial charge >= 0.3 is 5.97 Å². The zero-order chi connectivity index (χ0) is 14.9. The number of rotatable bonds is 9. The van der Waals surface area contributed by atoms with Gasteiger partial charge in [0.1, 0.15) is 6.61 Å². The minimum Gasteiger partial charge on any atom is -0.481 e. The van der Waals surface area contributed by atoms with Gasteiger partial charge in [0.25, 0.3) is 0 Å². The van der Waals surface area contributed by atoms with E-state index in [0.29, 0.717) is 18.9 Å². The summed E-state index contributed by atoms with van der Waals surface area (Å²) in [6, 6.07) is 0. The van der Waals surface area contributed by atoms with Crippen LogP contribution in [0.2, 0.25) is 0 Å². The molecule has 5 nitrogen and oxygen atoms in total. The molecule has 0 fully saturated rings. The van der Waals surface area contributed by atoms with E-state index in [1.165, 1.54) is 0 Å². The SMILES string of the molecule is CCC(CCNC(=O)COC(C)(C)C)CCC(=O)O. The number of carbonyl (C=O) groups excluding carboxylic acids is 1. The molecule has 0 radical (unpaired) electrons. The van der Waals surface area contributed by atoms with Gasteiger partial charge in [-0.05, 0) is 39.5 Å². The highest BCUT2D eigenvalue weighted by Gasteiger charge is 2.13. The Hall–Kier alpha value is -1.10. The Morgan fingerprint density at radius 3 is 2.37 bits per heavy atom. The lowest BCUT2D eigenvalue weighted by atomic mass is 9.97. The topological polar surface area (TPSA) is 75.6 Å². The van der Waals surface area contributed by atoms with E-state index >= 15 is 0 Å². The van der Waals surface area contributed by atoms with Gasteiger partial charge in [0, 0.05) is 13.0 Å². The minimum absolute atomic E-state index is 0.0649. The summed E-state index contributed by atoms with van der Waals surface area (Å²) in [4.78, 5) is 22.0. The molecule has 0 spiro atoms. The van der Waals surface area contributed by atoms with Crippen LogP contribution in [0.25, 0.3) is 0 Å². The van der Waals surface area contributed by atoms with E-state index in [0.717, 1.165) is 12.8 Å². The van der Waals surface area contributed by atoms with Gasteiger partial charge < -0.3 is 15.2 Å². The van der Waals surface area contributed by atoms with Gasteiger partial charge in [-0.1, -0.05) is 13.3 Å². The molecule has 0 aromatic heterocycles. The molecule has 0 saturated carbocycles. The van der Waals surface area contributed by atoms with Crippen molar-refractivity contribution in [1.29, 1.82) is 0 Å². The fourth-order valence-corrected chi connectivity index (χ4v) is 1.63. The molecule has 5 heteroatoms. The average molecular weight is 273 g/mol. The van der Waals surface area contributed by atoms with Crippen molar-refractivity contribution in [3.8, 4) is 0 Å². The zero-order valence-electron chi connectivity index (χ0n) is 12.5. The quantitative estimate of drug-likeness (QED) is 0.675. The number of carboxylic acids is 1. The Labute approximate surface area is 115 Å². The third-order valence-corrected chi connectivity index (χ3v) is 2.85. The molecule has 0 aliphatic carbocycles. The standard InChI is InChI=1S/C14H27NO4/c1-5-11(6-7-13(17)18)8-9-15-12(16)10-19-14(2,3)4/h11H,5-10H2,1-4H3,(H,15,16)(H,17,18). The fourth-order valence-electron chi connectivity index (χ4n) is 1.63. The lowest BCUT2D eigenvalue weighted by Gasteiger charge is -2.19. The maximum absolute atomic E-state index is 11.5. The molecule has 0 heterocycles. The number of carbonyl (C=O) groups is 2. The summed E-state index contributed by atoms with van der Waals surface area (Å²) >= 11 is 0. The Kier molecular flexibility index (Phi) is 8.39. The van der Waals surface area contributed by atoms with Crippen LogP contribution >= 0.6 is 0 Å². The van der Waals surface area contributed by atoms with Gasteiger partial charge in [0.05, 0.1) is 5.60 Å². The number of hydrogen-bond acceptors (Lipinski definition) is 3. The van der Waals surface area contributed by atoms with Crippen LogP contribution in [-0.2, 0) is 14.3 Å². The summed E-state index contributed by atoms with van der Waals surface area (Å²) in [6.07, 6.45) is 2.60. The van der Waals surface area contributed by atoms with E-state index in [4.69, 9.17) is 9.84 Å². The molecule has 0 aliphatic rings. The van der Waals surface area contributed by atoms with E-state index in [-0.39, 0.29) is 24.5 Å². The molecule has 0 aromatic rings. The lowest BCUT2D eigenvalue weighted by Crippen LogP contribution is -2.33. The predicted octanol–water partition coefficient (Wildman–Crippen LogP) is 2.20. The van der Waals surface area contributed by atoms with Crippen molar-refractivity contribution < 1.29 is 19.4 Å². The van der Waals surface area contributed by atoms with E-state index in [9.17, 15) is 9.59 Å². The Bertz CT molecular complexity index is 284. The van der Waals surface area contributed by atoms with Crippen LogP contribution in [0.4, 0.5) is 0 Å². The molecule has 19 heavy (non-hydrogen) atoms. The van der Waals surface area contributed by atoms with Crippen molar-refractivity contribution in [3.63, 3.8) is 0 Å². The summed E-state index contributed by atoms with van der Waals surface area (Å²) in [5.41, 5.74) is -0.315. The smallest absolute Gasteiger partial charge is 0.303 e. The Balaban J connectivity index is 3.75. The van der Waals surface area contributed by atoms with Crippen molar-refractivity contribution in [3.05, 3.63) is 0 Å².